The Labute approximate surface area is 144 Å². The van der Waals surface area contributed by atoms with Crippen molar-refractivity contribution in [1.82, 2.24) is 14.8 Å². The van der Waals surface area contributed by atoms with E-state index in [0.29, 0.717) is 22.7 Å². The number of ether oxygens (including phenoxy) is 1. The molecule has 126 valence electrons. The number of carbonyl (C=O) groups excluding carboxylic acids is 2. The van der Waals surface area contributed by atoms with Crippen LogP contribution in [0.4, 0.5) is 5.69 Å². The van der Waals surface area contributed by atoms with E-state index in [-0.39, 0.29) is 18.3 Å². The number of anilines is 1. The molecule has 1 amide bonds. The van der Waals surface area contributed by atoms with Gasteiger partial charge >= 0.3 is 0 Å². The Hall–Kier alpha value is -3.48. The minimum absolute atomic E-state index is 0.0194. The highest BCUT2D eigenvalue weighted by Gasteiger charge is 2.09. The zero-order chi connectivity index (χ0) is 17.6. The molecule has 0 aliphatic carbocycles. The van der Waals surface area contributed by atoms with Crippen LogP contribution in [0.25, 0.3) is 5.69 Å². The molecule has 0 radical (unpaired) electrons. The fourth-order valence-corrected chi connectivity index (χ4v) is 2.23. The number of para-hydroxylation sites is 2. The second-order valence-corrected chi connectivity index (χ2v) is 5.27. The van der Waals surface area contributed by atoms with E-state index in [4.69, 9.17) is 4.74 Å². The van der Waals surface area contributed by atoms with E-state index in [0.717, 1.165) is 0 Å². The van der Waals surface area contributed by atoms with E-state index in [2.05, 4.69) is 15.4 Å². The highest BCUT2D eigenvalue weighted by Crippen LogP contribution is 2.19. The molecule has 0 aliphatic rings. The molecule has 2 aromatic carbocycles. The predicted octanol–water partition coefficient (Wildman–Crippen LogP) is 2.49. The number of carbonyl (C=O) groups is 2. The summed E-state index contributed by atoms with van der Waals surface area (Å²) < 4.78 is 7.01. The van der Waals surface area contributed by atoms with Crippen molar-refractivity contribution in [3.8, 4) is 11.4 Å². The molecule has 7 nitrogen and oxygen atoms in total. The minimum Gasteiger partial charge on any atom is -0.484 e. The van der Waals surface area contributed by atoms with Crippen molar-refractivity contribution in [2.45, 2.75) is 6.92 Å². The maximum Gasteiger partial charge on any atom is 0.262 e. The quantitative estimate of drug-likeness (QED) is 0.699. The molecule has 7 heteroatoms. The second-order valence-electron chi connectivity index (χ2n) is 5.27. The fraction of sp³-hybridized carbons (Fsp3) is 0.111. The van der Waals surface area contributed by atoms with Crippen LogP contribution >= 0.6 is 0 Å². The molecule has 0 fully saturated rings. The lowest BCUT2D eigenvalue weighted by atomic mass is 10.1. The van der Waals surface area contributed by atoms with E-state index in [1.54, 1.807) is 41.3 Å². The predicted molar refractivity (Wildman–Crippen MR) is 91.9 cm³/mol. The first-order valence-electron chi connectivity index (χ1n) is 7.61. The molecule has 25 heavy (non-hydrogen) atoms. The summed E-state index contributed by atoms with van der Waals surface area (Å²) in [5.41, 5.74) is 1.91. The van der Waals surface area contributed by atoms with Crippen LogP contribution in [0.15, 0.2) is 61.2 Å². The Morgan fingerprint density at radius 3 is 2.56 bits per heavy atom. The van der Waals surface area contributed by atoms with Gasteiger partial charge in [-0.15, -0.1) is 0 Å². The van der Waals surface area contributed by atoms with Gasteiger partial charge in [-0.3, -0.25) is 9.59 Å². The second kappa shape index (κ2) is 7.39. The van der Waals surface area contributed by atoms with Crippen molar-refractivity contribution in [2.24, 2.45) is 0 Å². The molecule has 3 rings (SSSR count). The molecule has 1 aromatic heterocycles. The molecule has 3 aromatic rings. The lowest BCUT2D eigenvalue weighted by molar-refractivity contribution is -0.118. The maximum absolute atomic E-state index is 12.1. The highest BCUT2D eigenvalue weighted by molar-refractivity contribution is 5.94. The summed E-state index contributed by atoms with van der Waals surface area (Å²) >= 11 is 0. The molecule has 0 aliphatic heterocycles. The maximum atomic E-state index is 12.1. The largest absolute Gasteiger partial charge is 0.484 e. The Bertz CT molecular complexity index is 874. The topological polar surface area (TPSA) is 86.1 Å². The number of amides is 1. The van der Waals surface area contributed by atoms with Gasteiger partial charge in [0.15, 0.2) is 12.4 Å². The molecule has 0 bridgehead atoms. The van der Waals surface area contributed by atoms with Crippen LogP contribution < -0.4 is 10.1 Å². The summed E-state index contributed by atoms with van der Waals surface area (Å²) in [5.74, 6) is 0.196. The van der Waals surface area contributed by atoms with Crippen molar-refractivity contribution in [1.29, 1.82) is 0 Å². The molecular formula is C18H16N4O3. The number of hydrogen-bond donors (Lipinski definition) is 1. The van der Waals surface area contributed by atoms with Gasteiger partial charge in [-0.25, -0.2) is 9.67 Å². The average molecular weight is 336 g/mol. The Balaban J connectivity index is 1.63. The molecule has 0 saturated carbocycles. The zero-order valence-corrected chi connectivity index (χ0v) is 13.5. The number of aromatic nitrogens is 3. The molecule has 1 heterocycles. The van der Waals surface area contributed by atoms with Crippen LogP contribution in [0.2, 0.25) is 0 Å². The Morgan fingerprint density at radius 1 is 1.12 bits per heavy atom. The third kappa shape index (κ3) is 4.08. The first-order valence-corrected chi connectivity index (χ1v) is 7.61. The first-order chi connectivity index (χ1) is 12.1. The van der Waals surface area contributed by atoms with Crippen LogP contribution in [-0.2, 0) is 4.79 Å². The number of Topliss-reactive ketones (excluding diaryl/α,β-unsaturated/α-hetero) is 1. The molecule has 0 unspecified atom stereocenters. The third-order valence-corrected chi connectivity index (χ3v) is 3.47. The van der Waals surface area contributed by atoms with E-state index in [1.807, 2.05) is 18.2 Å². The van der Waals surface area contributed by atoms with Crippen LogP contribution in [0, 0.1) is 0 Å². The normalized spacial score (nSPS) is 10.3. The molecule has 0 saturated heterocycles. The van der Waals surface area contributed by atoms with E-state index >= 15 is 0 Å². The number of nitrogens with one attached hydrogen (secondary N) is 1. The van der Waals surface area contributed by atoms with Crippen LogP contribution in [0.5, 0.6) is 5.75 Å². The van der Waals surface area contributed by atoms with Gasteiger partial charge in [0.05, 0.1) is 11.4 Å². The van der Waals surface area contributed by atoms with Gasteiger partial charge in [0.1, 0.15) is 18.4 Å². The number of benzene rings is 2. The van der Waals surface area contributed by atoms with Crippen molar-refractivity contribution < 1.29 is 14.3 Å². The van der Waals surface area contributed by atoms with Gasteiger partial charge in [-0.2, -0.15) is 5.10 Å². The van der Waals surface area contributed by atoms with Crippen LogP contribution in [-0.4, -0.2) is 33.1 Å². The summed E-state index contributed by atoms with van der Waals surface area (Å²) in [5, 5.41) is 6.86. The standard InChI is InChI=1S/C18H16N4O3/c1-13(23)14-6-8-15(9-7-14)25-10-18(24)21-16-4-2-3-5-17(16)22-12-19-11-20-22/h2-9,11-12H,10H2,1H3,(H,21,24). The van der Waals surface area contributed by atoms with Crippen LogP contribution in [0.1, 0.15) is 17.3 Å². The van der Waals surface area contributed by atoms with Gasteiger partial charge in [0, 0.05) is 5.56 Å². The fourth-order valence-electron chi connectivity index (χ4n) is 2.23. The summed E-state index contributed by atoms with van der Waals surface area (Å²) in [7, 11) is 0. The van der Waals surface area contributed by atoms with Crippen LogP contribution in [0.3, 0.4) is 0 Å². The highest BCUT2D eigenvalue weighted by atomic mass is 16.5. The monoisotopic (exact) mass is 336 g/mol. The molecular weight excluding hydrogens is 320 g/mol. The van der Waals surface area contributed by atoms with Crippen molar-refractivity contribution in [3.63, 3.8) is 0 Å². The summed E-state index contributed by atoms with van der Waals surface area (Å²) in [4.78, 5) is 27.3. The summed E-state index contributed by atoms with van der Waals surface area (Å²) in [6.45, 7) is 1.35. The van der Waals surface area contributed by atoms with Gasteiger partial charge in [-0.1, -0.05) is 12.1 Å². The third-order valence-electron chi connectivity index (χ3n) is 3.47. The number of hydrogen-bond acceptors (Lipinski definition) is 5. The summed E-state index contributed by atoms with van der Waals surface area (Å²) in [6, 6.07) is 13.9. The lowest BCUT2D eigenvalue weighted by Crippen LogP contribution is -2.21. The zero-order valence-electron chi connectivity index (χ0n) is 13.5. The number of rotatable bonds is 6. The van der Waals surface area contributed by atoms with E-state index < -0.39 is 0 Å². The van der Waals surface area contributed by atoms with Gasteiger partial charge < -0.3 is 10.1 Å². The molecule has 0 spiro atoms. The van der Waals surface area contributed by atoms with Gasteiger partial charge in [-0.05, 0) is 43.3 Å². The van der Waals surface area contributed by atoms with Gasteiger partial charge in [0.2, 0.25) is 0 Å². The smallest absolute Gasteiger partial charge is 0.262 e. The Kier molecular flexibility index (Phi) is 4.84. The minimum atomic E-state index is -0.303. The average Bonchev–Trinajstić information content (AvgIpc) is 3.15. The number of nitrogens with zero attached hydrogens (tertiary/aromatic N) is 3. The SMILES string of the molecule is CC(=O)c1ccc(OCC(=O)Nc2ccccc2-n2cncn2)cc1. The first kappa shape index (κ1) is 16.4. The van der Waals surface area contributed by atoms with E-state index in [1.165, 1.54) is 13.3 Å². The molecule has 1 N–H and O–H groups in total. The van der Waals surface area contributed by atoms with E-state index in [9.17, 15) is 9.59 Å². The lowest BCUT2D eigenvalue weighted by Gasteiger charge is -2.11. The van der Waals surface area contributed by atoms with Gasteiger partial charge in [0.25, 0.3) is 5.91 Å². The number of ketones is 1. The molecule has 0 atom stereocenters. The van der Waals surface area contributed by atoms with Crippen molar-refractivity contribution in [2.75, 3.05) is 11.9 Å². The summed E-state index contributed by atoms with van der Waals surface area (Å²) in [6.07, 6.45) is 2.98. The van der Waals surface area contributed by atoms with Crippen molar-refractivity contribution >= 4 is 17.4 Å². The van der Waals surface area contributed by atoms with Crippen molar-refractivity contribution in [3.05, 3.63) is 66.7 Å². The Morgan fingerprint density at radius 2 is 1.88 bits per heavy atom.